The van der Waals surface area contributed by atoms with Gasteiger partial charge in [-0.2, -0.15) is 0 Å². The van der Waals surface area contributed by atoms with E-state index >= 15 is 0 Å². The highest BCUT2D eigenvalue weighted by Crippen LogP contribution is 2.30. The van der Waals surface area contributed by atoms with Crippen LogP contribution in [0.25, 0.3) is 0 Å². The van der Waals surface area contributed by atoms with Crippen molar-refractivity contribution in [3.8, 4) is 0 Å². The number of carbonyl (C=O) groups excluding carboxylic acids is 1. The molecular formula is C12H20INO3. The van der Waals surface area contributed by atoms with E-state index in [0.29, 0.717) is 6.61 Å². The second-order valence-corrected chi connectivity index (χ2v) is 6.21. The smallest absolute Gasteiger partial charge is 0.413 e. The van der Waals surface area contributed by atoms with E-state index in [0.717, 1.165) is 0 Å². The number of halogens is 1. The third-order valence-electron chi connectivity index (χ3n) is 2.40. The molecule has 0 radical (unpaired) electrons. The molecule has 5 heteroatoms. The van der Waals surface area contributed by atoms with Crippen molar-refractivity contribution in [2.24, 2.45) is 0 Å². The Morgan fingerprint density at radius 2 is 2.12 bits per heavy atom. The summed E-state index contributed by atoms with van der Waals surface area (Å²) in [5.41, 5.74) is -1.11. The normalized spacial score (nSPS) is 24.4. The molecule has 1 rings (SSSR count). The molecule has 17 heavy (non-hydrogen) atoms. The first-order valence-corrected chi connectivity index (χ1v) is 6.85. The van der Waals surface area contributed by atoms with Crippen LogP contribution in [-0.2, 0) is 9.47 Å². The SMILES string of the molecule is CC(C)(C)OC(=O)N1[C@@H](/C=C/I)COC1(C)C. The summed E-state index contributed by atoms with van der Waals surface area (Å²) < 4.78 is 12.9. The molecule has 1 atom stereocenters. The summed E-state index contributed by atoms with van der Waals surface area (Å²) in [5, 5.41) is 0. The van der Waals surface area contributed by atoms with Crippen LogP contribution in [0.2, 0.25) is 0 Å². The quantitative estimate of drug-likeness (QED) is 0.679. The lowest BCUT2D eigenvalue weighted by atomic mass is 10.2. The lowest BCUT2D eigenvalue weighted by Crippen LogP contribution is -2.49. The van der Waals surface area contributed by atoms with Gasteiger partial charge in [0.15, 0.2) is 0 Å². The van der Waals surface area contributed by atoms with E-state index in [1.807, 2.05) is 44.8 Å². The summed E-state index contributed by atoms with van der Waals surface area (Å²) in [6.07, 6.45) is 1.61. The van der Waals surface area contributed by atoms with Crippen LogP contribution in [0, 0.1) is 0 Å². The highest BCUT2D eigenvalue weighted by atomic mass is 127. The highest BCUT2D eigenvalue weighted by molar-refractivity contribution is 14.1. The summed E-state index contributed by atoms with van der Waals surface area (Å²) in [6, 6.07) is -0.0586. The Bertz CT molecular complexity index is 320. The van der Waals surface area contributed by atoms with Gasteiger partial charge in [0.05, 0.1) is 12.6 Å². The van der Waals surface area contributed by atoms with Crippen molar-refractivity contribution in [3.63, 3.8) is 0 Å². The highest BCUT2D eigenvalue weighted by Gasteiger charge is 2.44. The number of nitrogens with zero attached hydrogens (tertiary/aromatic N) is 1. The number of ether oxygens (including phenoxy) is 2. The van der Waals surface area contributed by atoms with E-state index in [4.69, 9.17) is 9.47 Å². The van der Waals surface area contributed by atoms with Crippen molar-refractivity contribution in [2.45, 2.75) is 52.0 Å². The number of hydrogen-bond acceptors (Lipinski definition) is 3. The first-order chi connectivity index (χ1) is 7.67. The Labute approximate surface area is 116 Å². The van der Waals surface area contributed by atoms with Crippen molar-refractivity contribution in [3.05, 3.63) is 10.2 Å². The Kier molecular flexibility index (Phi) is 4.46. The minimum Gasteiger partial charge on any atom is -0.444 e. The predicted molar refractivity (Wildman–Crippen MR) is 75.1 cm³/mol. The maximum atomic E-state index is 12.1. The van der Waals surface area contributed by atoms with Crippen LogP contribution < -0.4 is 0 Å². The molecule has 0 bridgehead atoms. The molecule has 98 valence electrons. The van der Waals surface area contributed by atoms with Gasteiger partial charge in [0.25, 0.3) is 0 Å². The molecule has 0 aromatic heterocycles. The van der Waals surface area contributed by atoms with Gasteiger partial charge < -0.3 is 9.47 Å². The van der Waals surface area contributed by atoms with Crippen LogP contribution in [-0.4, -0.2) is 35.0 Å². The van der Waals surface area contributed by atoms with E-state index in [9.17, 15) is 4.79 Å². The van der Waals surface area contributed by atoms with E-state index in [1.165, 1.54) is 0 Å². The maximum Gasteiger partial charge on any atom is 0.413 e. The lowest BCUT2D eigenvalue weighted by Gasteiger charge is -2.34. The number of carbonyl (C=O) groups is 1. The third-order valence-corrected chi connectivity index (χ3v) is 2.82. The Balaban J connectivity index is 2.86. The van der Waals surface area contributed by atoms with Crippen LogP contribution in [0.1, 0.15) is 34.6 Å². The van der Waals surface area contributed by atoms with Gasteiger partial charge in [-0.3, -0.25) is 4.90 Å². The van der Waals surface area contributed by atoms with Crippen molar-refractivity contribution >= 4 is 28.7 Å². The molecule has 1 amide bonds. The zero-order chi connectivity index (χ0) is 13.3. The maximum absolute atomic E-state index is 12.1. The van der Waals surface area contributed by atoms with Gasteiger partial charge in [-0.25, -0.2) is 4.79 Å². The fraction of sp³-hybridized carbons (Fsp3) is 0.750. The van der Waals surface area contributed by atoms with Gasteiger partial charge >= 0.3 is 6.09 Å². The van der Waals surface area contributed by atoms with Crippen LogP contribution in [0.3, 0.4) is 0 Å². The molecule has 0 aromatic carbocycles. The fourth-order valence-corrected chi connectivity index (χ4v) is 2.20. The van der Waals surface area contributed by atoms with Crippen molar-refractivity contribution < 1.29 is 14.3 Å². The summed E-state index contributed by atoms with van der Waals surface area (Å²) in [6.45, 7) is 9.83. The van der Waals surface area contributed by atoms with Gasteiger partial charge in [0.2, 0.25) is 0 Å². The Hall–Kier alpha value is -0.300. The summed E-state index contributed by atoms with van der Waals surface area (Å²) >= 11 is 2.14. The second-order valence-electron chi connectivity index (χ2n) is 5.49. The molecule has 1 saturated heterocycles. The number of rotatable bonds is 1. The van der Waals surface area contributed by atoms with Gasteiger partial charge in [-0.1, -0.05) is 28.7 Å². The van der Waals surface area contributed by atoms with Gasteiger partial charge in [0.1, 0.15) is 11.3 Å². The zero-order valence-corrected chi connectivity index (χ0v) is 13.1. The molecule has 0 N–H and O–H groups in total. The van der Waals surface area contributed by atoms with E-state index < -0.39 is 11.3 Å². The molecule has 1 aliphatic rings. The molecular weight excluding hydrogens is 333 g/mol. The first kappa shape index (κ1) is 14.8. The van der Waals surface area contributed by atoms with Crippen LogP contribution in [0.5, 0.6) is 0 Å². The molecule has 0 unspecified atom stereocenters. The van der Waals surface area contributed by atoms with E-state index in [1.54, 1.807) is 4.90 Å². The van der Waals surface area contributed by atoms with Crippen molar-refractivity contribution in [1.29, 1.82) is 0 Å². The molecule has 0 aliphatic carbocycles. The molecule has 1 aliphatic heterocycles. The molecule has 1 heterocycles. The summed E-state index contributed by atoms with van der Waals surface area (Å²) in [5.74, 6) is 0. The Morgan fingerprint density at radius 1 is 1.53 bits per heavy atom. The minimum absolute atomic E-state index is 0.0586. The van der Waals surface area contributed by atoms with Crippen LogP contribution in [0.15, 0.2) is 10.2 Å². The summed E-state index contributed by atoms with van der Waals surface area (Å²) in [7, 11) is 0. The monoisotopic (exact) mass is 353 g/mol. The average molecular weight is 353 g/mol. The second kappa shape index (κ2) is 5.14. The topological polar surface area (TPSA) is 38.8 Å². The Morgan fingerprint density at radius 3 is 2.59 bits per heavy atom. The fourth-order valence-electron chi connectivity index (χ4n) is 1.72. The molecule has 0 spiro atoms. The molecule has 0 saturated carbocycles. The molecule has 0 aromatic rings. The zero-order valence-electron chi connectivity index (χ0n) is 11.0. The van der Waals surface area contributed by atoms with Crippen LogP contribution >= 0.6 is 22.6 Å². The van der Waals surface area contributed by atoms with Gasteiger partial charge in [0, 0.05) is 0 Å². The van der Waals surface area contributed by atoms with Gasteiger partial charge in [-0.05, 0) is 38.7 Å². The molecule has 1 fully saturated rings. The average Bonchev–Trinajstić information content (AvgIpc) is 2.39. The predicted octanol–water partition coefficient (Wildman–Crippen LogP) is 3.31. The summed E-state index contributed by atoms with van der Waals surface area (Å²) in [4.78, 5) is 13.8. The van der Waals surface area contributed by atoms with Crippen molar-refractivity contribution in [1.82, 2.24) is 4.90 Å². The standard InChI is InChI=1S/C12H20INO3/c1-11(2,3)17-10(15)14-9(6-7-13)8-16-12(14,4)5/h6-7,9H,8H2,1-5H3/b7-6+/t9-/m0/s1. The molecule has 4 nitrogen and oxygen atoms in total. The van der Waals surface area contributed by atoms with Crippen molar-refractivity contribution in [2.75, 3.05) is 6.61 Å². The third kappa shape index (κ3) is 3.84. The lowest BCUT2D eigenvalue weighted by molar-refractivity contribution is -0.0610. The van der Waals surface area contributed by atoms with Crippen LogP contribution in [0.4, 0.5) is 4.79 Å². The van der Waals surface area contributed by atoms with E-state index in [-0.39, 0.29) is 12.1 Å². The van der Waals surface area contributed by atoms with E-state index in [2.05, 4.69) is 22.6 Å². The first-order valence-electron chi connectivity index (χ1n) is 5.60. The van der Waals surface area contributed by atoms with Gasteiger partial charge in [-0.15, -0.1) is 0 Å². The largest absolute Gasteiger partial charge is 0.444 e. The minimum atomic E-state index is -0.622. The number of amides is 1. The number of hydrogen-bond donors (Lipinski definition) is 0.